The highest BCUT2D eigenvalue weighted by atomic mass is 32.2. The summed E-state index contributed by atoms with van der Waals surface area (Å²) >= 11 is 3.24. The van der Waals surface area contributed by atoms with E-state index >= 15 is 0 Å². The van der Waals surface area contributed by atoms with Crippen molar-refractivity contribution in [3.8, 4) is 0 Å². The standard InChI is InChI=1S/C27H27N3O3S2/c1-17-29-30-27(35-17)34-16-23-24(19-6-3-2-4-7-19)25(20-12-10-18(15-31)11-13-20)33-26(32-23)21-8-5-9-22(28)14-21/h2-14,23-26,31H,15-16,28H2,1H3/t23-,24-,25+,26?/m1/s1. The van der Waals surface area contributed by atoms with Gasteiger partial charge in [-0.1, -0.05) is 89.8 Å². The maximum absolute atomic E-state index is 9.53. The third-order valence-corrected chi connectivity index (χ3v) is 8.09. The third kappa shape index (κ3) is 5.58. The molecule has 35 heavy (non-hydrogen) atoms. The second-order valence-electron chi connectivity index (χ2n) is 8.47. The second-order valence-corrected chi connectivity index (χ2v) is 10.9. The molecule has 180 valence electrons. The molecule has 0 aliphatic carbocycles. The molecule has 0 amide bonds. The average Bonchev–Trinajstić information content (AvgIpc) is 3.32. The minimum Gasteiger partial charge on any atom is -0.399 e. The molecular weight excluding hydrogens is 478 g/mol. The van der Waals surface area contributed by atoms with Crippen molar-refractivity contribution in [3.63, 3.8) is 0 Å². The number of aliphatic hydroxyl groups is 1. The molecule has 8 heteroatoms. The van der Waals surface area contributed by atoms with Crippen LogP contribution in [0.15, 0.2) is 83.2 Å². The molecule has 4 atom stereocenters. The number of hydrogen-bond acceptors (Lipinski definition) is 8. The summed E-state index contributed by atoms with van der Waals surface area (Å²) in [5.41, 5.74) is 10.7. The van der Waals surface area contributed by atoms with Crippen LogP contribution >= 0.6 is 23.1 Å². The van der Waals surface area contributed by atoms with Crippen molar-refractivity contribution >= 4 is 28.8 Å². The first-order valence-corrected chi connectivity index (χ1v) is 13.2. The lowest BCUT2D eigenvalue weighted by Crippen LogP contribution is -2.38. The van der Waals surface area contributed by atoms with Gasteiger partial charge in [-0.3, -0.25) is 0 Å². The van der Waals surface area contributed by atoms with E-state index in [1.165, 1.54) is 0 Å². The van der Waals surface area contributed by atoms with Gasteiger partial charge in [0.15, 0.2) is 10.6 Å². The zero-order valence-corrected chi connectivity index (χ0v) is 20.9. The maximum Gasteiger partial charge on any atom is 0.185 e. The van der Waals surface area contributed by atoms with Gasteiger partial charge in [-0.25, -0.2) is 0 Å². The van der Waals surface area contributed by atoms with E-state index < -0.39 is 6.29 Å². The summed E-state index contributed by atoms with van der Waals surface area (Å²) in [5.74, 6) is 0.650. The van der Waals surface area contributed by atoms with Gasteiger partial charge in [0.05, 0.1) is 18.8 Å². The number of aliphatic hydroxyl groups excluding tert-OH is 1. The van der Waals surface area contributed by atoms with Crippen LogP contribution in [0.2, 0.25) is 0 Å². The van der Waals surface area contributed by atoms with Crippen LogP contribution in [0.1, 0.15) is 45.6 Å². The normalized spacial score (nSPS) is 22.2. The van der Waals surface area contributed by atoms with Crippen LogP contribution in [0.5, 0.6) is 0 Å². The summed E-state index contributed by atoms with van der Waals surface area (Å²) in [7, 11) is 0. The SMILES string of the molecule is Cc1nnc(SC[C@H]2OC(c3cccc(N)c3)O[C@@H](c3ccc(CO)cc3)[C@@H]2c2ccccc2)s1. The monoisotopic (exact) mass is 505 g/mol. The van der Waals surface area contributed by atoms with Gasteiger partial charge in [-0.2, -0.15) is 0 Å². The van der Waals surface area contributed by atoms with Gasteiger partial charge < -0.3 is 20.3 Å². The Balaban J connectivity index is 1.54. The summed E-state index contributed by atoms with van der Waals surface area (Å²) in [6, 6.07) is 26.0. The third-order valence-electron chi connectivity index (χ3n) is 6.03. The van der Waals surface area contributed by atoms with Crippen molar-refractivity contribution in [2.45, 2.75) is 42.3 Å². The van der Waals surface area contributed by atoms with Crippen LogP contribution in [0.3, 0.4) is 0 Å². The van der Waals surface area contributed by atoms with E-state index in [0.29, 0.717) is 11.4 Å². The van der Waals surface area contributed by atoms with Crippen LogP contribution in [0.4, 0.5) is 5.69 Å². The highest BCUT2D eigenvalue weighted by Crippen LogP contribution is 2.48. The molecule has 4 aromatic rings. The van der Waals surface area contributed by atoms with Gasteiger partial charge in [0.2, 0.25) is 0 Å². The number of benzene rings is 3. The molecule has 1 aliphatic heterocycles. The Kier molecular flexibility index (Phi) is 7.46. The fourth-order valence-corrected chi connectivity index (χ4v) is 6.26. The molecule has 0 radical (unpaired) electrons. The predicted octanol–water partition coefficient (Wildman–Crippen LogP) is 5.65. The van der Waals surface area contributed by atoms with E-state index in [2.05, 4.69) is 22.3 Å². The molecule has 1 fully saturated rings. The van der Waals surface area contributed by atoms with Gasteiger partial charge in [0.1, 0.15) is 5.01 Å². The zero-order chi connectivity index (χ0) is 24.2. The minimum absolute atomic E-state index is 0.00345. The Labute approximate surface area is 213 Å². The number of aromatic nitrogens is 2. The average molecular weight is 506 g/mol. The first kappa shape index (κ1) is 24.0. The maximum atomic E-state index is 9.53. The molecule has 0 spiro atoms. The van der Waals surface area contributed by atoms with Crippen molar-refractivity contribution in [3.05, 3.63) is 106 Å². The summed E-state index contributed by atoms with van der Waals surface area (Å²) in [5, 5.41) is 18.9. The van der Waals surface area contributed by atoms with Crippen molar-refractivity contribution in [2.24, 2.45) is 0 Å². The molecule has 1 aromatic heterocycles. The molecule has 3 aromatic carbocycles. The van der Waals surface area contributed by atoms with Crippen LogP contribution in [0, 0.1) is 6.92 Å². The molecule has 6 nitrogen and oxygen atoms in total. The van der Waals surface area contributed by atoms with E-state index in [0.717, 1.165) is 31.6 Å². The Morgan fingerprint density at radius 3 is 2.37 bits per heavy atom. The molecule has 0 bridgehead atoms. The lowest BCUT2D eigenvalue weighted by Gasteiger charge is -2.43. The lowest BCUT2D eigenvalue weighted by molar-refractivity contribution is -0.255. The van der Waals surface area contributed by atoms with Crippen molar-refractivity contribution in [1.29, 1.82) is 0 Å². The highest BCUT2D eigenvalue weighted by molar-refractivity contribution is 8.01. The van der Waals surface area contributed by atoms with Gasteiger partial charge in [0.25, 0.3) is 0 Å². The smallest absolute Gasteiger partial charge is 0.185 e. The number of nitrogens with two attached hydrogens (primary N) is 1. The first-order chi connectivity index (χ1) is 17.1. The summed E-state index contributed by atoms with van der Waals surface area (Å²) in [4.78, 5) is 0. The largest absolute Gasteiger partial charge is 0.399 e. The van der Waals surface area contributed by atoms with Gasteiger partial charge in [-0.15, -0.1) is 10.2 Å². The number of anilines is 1. The Bertz CT molecular complexity index is 1250. The summed E-state index contributed by atoms with van der Waals surface area (Å²) < 4.78 is 14.2. The number of nitrogens with zero attached hydrogens (tertiary/aromatic N) is 2. The molecule has 1 saturated heterocycles. The highest BCUT2D eigenvalue weighted by Gasteiger charge is 2.42. The quantitative estimate of drug-likeness (QED) is 0.248. The topological polar surface area (TPSA) is 90.5 Å². The molecule has 3 N–H and O–H groups in total. The van der Waals surface area contributed by atoms with E-state index in [-0.39, 0.29) is 24.7 Å². The molecule has 1 unspecified atom stereocenters. The van der Waals surface area contributed by atoms with E-state index in [1.807, 2.05) is 73.7 Å². The fraction of sp³-hybridized carbons (Fsp3) is 0.259. The van der Waals surface area contributed by atoms with E-state index in [9.17, 15) is 5.11 Å². The number of hydrogen-bond donors (Lipinski definition) is 2. The van der Waals surface area contributed by atoms with Crippen molar-refractivity contribution in [1.82, 2.24) is 10.2 Å². The van der Waals surface area contributed by atoms with Crippen LogP contribution in [-0.4, -0.2) is 27.2 Å². The second kappa shape index (κ2) is 10.9. The number of aryl methyl sites for hydroxylation is 1. The molecular formula is C27H27N3O3S2. The van der Waals surface area contributed by atoms with Gasteiger partial charge in [0, 0.05) is 22.9 Å². The Morgan fingerprint density at radius 1 is 0.914 bits per heavy atom. The number of nitrogen functional groups attached to an aromatic ring is 1. The van der Waals surface area contributed by atoms with Crippen LogP contribution in [0.25, 0.3) is 0 Å². The predicted molar refractivity (Wildman–Crippen MR) is 139 cm³/mol. The Hall–Kier alpha value is -2.75. The fourth-order valence-electron chi connectivity index (χ4n) is 4.35. The van der Waals surface area contributed by atoms with Gasteiger partial charge >= 0.3 is 0 Å². The molecule has 0 saturated carbocycles. The molecule has 1 aliphatic rings. The van der Waals surface area contributed by atoms with Crippen LogP contribution in [-0.2, 0) is 16.1 Å². The number of thioether (sulfide) groups is 1. The van der Waals surface area contributed by atoms with Crippen molar-refractivity contribution < 1.29 is 14.6 Å². The van der Waals surface area contributed by atoms with E-state index in [1.54, 1.807) is 23.1 Å². The summed E-state index contributed by atoms with van der Waals surface area (Å²) in [6.07, 6.45) is -0.982. The number of ether oxygens (including phenoxy) is 2. The minimum atomic E-state index is -0.567. The van der Waals surface area contributed by atoms with Crippen LogP contribution < -0.4 is 5.73 Å². The van der Waals surface area contributed by atoms with E-state index in [4.69, 9.17) is 15.2 Å². The zero-order valence-electron chi connectivity index (χ0n) is 19.3. The van der Waals surface area contributed by atoms with Crippen molar-refractivity contribution in [2.75, 3.05) is 11.5 Å². The summed E-state index contributed by atoms with van der Waals surface area (Å²) in [6.45, 7) is 1.96. The molecule has 5 rings (SSSR count). The molecule has 2 heterocycles. The first-order valence-electron chi connectivity index (χ1n) is 11.4. The number of rotatable bonds is 7. The van der Waals surface area contributed by atoms with Gasteiger partial charge in [-0.05, 0) is 35.7 Å². The lowest BCUT2D eigenvalue weighted by atomic mass is 9.84. The Morgan fingerprint density at radius 2 is 1.69 bits per heavy atom.